The van der Waals surface area contributed by atoms with E-state index in [0.29, 0.717) is 0 Å². The van der Waals surface area contributed by atoms with E-state index in [9.17, 15) is 172 Å². The van der Waals surface area contributed by atoms with Gasteiger partial charge >= 0.3 is 0 Å². The third-order valence-electron chi connectivity index (χ3n) is 25.3. The zero-order valence-electron chi connectivity index (χ0n) is 75.4. The van der Waals surface area contributed by atoms with Gasteiger partial charge in [-0.3, -0.25) is 28.8 Å². The number of rotatable bonds is 36. The molecule has 11 aliphatic rings. The van der Waals surface area contributed by atoms with E-state index in [-0.39, 0.29) is 0 Å². The summed E-state index contributed by atoms with van der Waals surface area (Å²) >= 11 is 0. The number of amides is 6. The Bertz CT molecular complexity index is 3900. The molecule has 11 heterocycles. The van der Waals surface area contributed by atoms with E-state index >= 15 is 0 Å². The van der Waals surface area contributed by atoms with Crippen LogP contribution in [-0.2, 0) is 128 Å². The minimum atomic E-state index is -2.88. The van der Waals surface area contributed by atoms with Gasteiger partial charge in [0, 0.05) is 41.5 Å². The second kappa shape index (κ2) is 50.0. The summed E-state index contributed by atoms with van der Waals surface area (Å²) in [7, 11) is 0. The van der Waals surface area contributed by atoms with Crippen molar-refractivity contribution in [2.24, 2.45) is 0 Å². The van der Waals surface area contributed by atoms with E-state index in [1.165, 1.54) is 6.92 Å². The largest absolute Gasteiger partial charge is 0.394 e. The number of aliphatic hydroxyl groups excluding tert-OH is 28. The van der Waals surface area contributed by atoms with E-state index in [2.05, 4.69) is 31.9 Å². The van der Waals surface area contributed by atoms with Gasteiger partial charge in [0.15, 0.2) is 69.2 Å². The Morgan fingerprint density at radius 3 is 0.835 bits per heavy atom. The van der Waals surface area contributed by atoms with Gasteiger partial charge in [-0.05, 0) is 6.92 Å². The quantitative estimate of drug-likeness (QED) is 0.0277. The molecule has 0 aromatic rings. The maximum atomic E-state index is 13.7. The highest BCUT2D eigenvalue weighted by atomic mass is 16.8. The van der Waals surface area contributed by atoms with Gasteiger partial charge in [0.2, 0.25) is 35.4 Å². The Kier molecular flexibility index (Phi) is 41.1. The van der Waals surface area contributed by atoms with Crippen LogP contribution in [0.1, 0.15) is 48.5 Å². The first-order chi connectivity index (χ1) is 65.7. The predicted molar refractivity (Wildman–Crippen MR) is 430 cm³/mol. The first kappa shape index (κ1) is 114. The van der Waals surface area contributed by atoms with Crippen LogP contribution in [0.15, 0.2) is 0 Å². The van der Waals surface area contributed by atoms with E-state index in [0.717, 1.165) is 41.5 Å². The molecule has 34 N–H and O–H groups in total. The lowest BCUT2D eigenvalue weighted by Crippen LogP contribution is -2.72. The Hall–Kier alpha value is -5.14. The molecule has 0 radical (unpaired) electrons. The van der Waals surface area contributed by atoms with Crippen molar-refractivity contribution in [1.82, 2.24) is 31.9 Å². The molecule has 139 heavy (non-hydrogen) atoms. The lowest BCUT2D eigenvalue weighted by atomic mass is 9.93. The molecule has 0 aromatic heterocycles. The highest BCUT2D eigenvalue weighted by molar-refractivity contribution is 5.75. The van der Waals surface area contributed by atoms with Gasteiger partial charge in [0.25, 0.3) is 0 Å². The molecule has 0 unspecified atom stereocenters. The fourth-order valence-corrected chi connectivity index (χ4v) is 18.1. The van der Waals surface area contributed by atoms with Gasteiger partial charge in [-0.2, -0.15) is 0 Å². The molecule has 55 atom stereocenters. The fourth-order valence-electron chi connectivity index (χ4n) is 18.1. The van der Waals surface area contributed by atoms with Gasteiger partial charge in [-0.1, -0.05) is 0 Å². The summed E-state index contributed by atoms with van der Waals surface area (Å²) in [6, 6.07) is -12.0. The third kappa shape index (κ3) is 25.8. The molecule has 0 spiro atoms. The van der Waals surface area contributed by atoms with Crippen LogP contribution in [0.4, 0.5) is 0 Å². The van der Waals surface area contributed by atoms with E-state index in [4.69, 9.17) is 99.5 Å². The second-order valence-electron chi connectivity index (χ2n) is 35.3. The van der Waals surface area contributed by atoms with E-state index in [1.54, 1.807) is 0 Å². The van der Waals surface area contributed by atoms with Crippen molar-refractivity contribution >= 4 is 35.4 Å². The summed E-state index contributed by atoms with van der Waals surface area (Å²) in [5.74, 6) is -5.94. The van der Waals surface area contributed by atoms with Crippen LogP contribution in [0.2, 0.25) is 0 Å². The second-order valence-corrected chi connectivity index (χ2v) is 35.3. The Balaban J connectivity index is 1.05. The molecule has 0 aromatic carbocycles. The summed E-state index contributed by atoms with van der Waals surface area (Å²) in [6.07, 6.45) is -107. The van der Waals surface area contributed by atoms with Crippen molar-refractivity contribution in [3.05, 3.63) is 0 Å². The number of ether oxygens (including phenoxy) is 21. The summed E-state index contributed by atoms with van der Waals surface area (Å²) < 4.78 is 129. The van der Waals surface area contributed by atoms with Crippen molar-refractivity contribution in [3.63, 3.8) is 0 Å². The molecule has 0 bridgehead atoms. The highest BCUT2D eigenvalue weighted by Gasteiger charge is 2.64. The SMILES string of the molecule is CC(=O)N[C@@H]1[C@@H](O)[C@H](O[C@@H]2O[C@H](CO)[C@@H](O[C@@H]3O[C@H](CO[C@H]4O[C@H](CO)[C@@H](O)[C@H](O)[C@@H]4O[C@@H]4O[C@H](CO)[C@@H](O[C@@H]5O[C@H](CO)[C@H](O)[C@H](O)[C@H]5O)[C@H](O)[C@H]4NC(C)=O)[C@@H](O[C@@H]4O[C@H](CO)[C@@H](O)[C@H](O)[C@H]4NC(C)=O)[C@H](O[C@H]4O[C@H](CO)[C@@H](O[C@@H]5O[C@H](CO)[C@@H](O)[C@H](O)[C@H]5NC(C)=O)[C@H](O)[C@@H]4O[C@@H]4O[C@H](CO)[C@@H](O)[C@H](O)[C@H]4NC(C)=O)[C@@H]3O)[C@H](O)[C@H]2NC(C)=O)[C@@H](CO[C@@H]2O[C@@H](C)[C@@H](O)[C@@H](O)[C@@H]2O)O[C@H]1O. The summed E-state index contributed by atoms with van der Waals surface area (Å²) in [6.45, 7) is -5.29. The maximum Gasteiger partial charge on any atom is 0.217 e. The molecular formula is C78H130N6O55. The molecule has 0 saturated carbocycles. The minimum absolute atomic E-state index is 0.879. The van der Waals surface area contributed by atoms with Crippen LogP contribution in [0.5, 0.6) is 0 Å². The molecule has 0 aliphatic carbocycles. The average molecular weight is 2030 g/mol. The zero-order valence-corrected chi connectivity index (χ0v) is 75.4. The van der Waals surface area contributed by atoms with Gasteiger partial charge in [0.05, 0.1) is 72.2 Å². The van der Waals surface area contributed by atoms with Gasteiger partial charge in [-0.25, -0.2) is 0 Å². The minimum Gasteiger partial charge on any atom is -0.394 e. The smallest absolute Gasteiger partial charge is 0.217 e. The van der Waals surface area contributed by atoms with Crippen LogP contribution >= 0.6 is 0 Å². The molecule has 11 aliphatic heterocycles. The van der Waals surface area contributed by atoms with Crippen LogP contribution < -0.4 is 31.9 Å². The van der Waals surface area contributed by atoms with Crippen LogP contribution in [0.25, 0.3) is 0 Å². The van der Waals surface area contributed by atoms with Crippen molar-refractivity contribution in [2.75, 3.05) is 66.1 Å². The summed E-state index contributed by atoms with van der Waals surface area (Å²) in [5, 5.41) is 333. The zero-order chi connectivity index (χ0) is 102. The van der Waals surface area contributed by atoms with E-state index < -0.39 is 439 Å². The normalized spacial score (nSPS) is 48.3. The molecule has 61 nitrogen and oxygen atoms in total. The third-order valence-corrected chi connectivity index (χ3v) is 25.3. The van der Waals surface area contributed by atoms with E-state index in [1.807, 2.05) is 0 Å². The van der Waals surface area contributed by atoms with Crippen molar-refractivity contribution in [3.8, 4) is 0 Å². The fraction of sp³-hybridized carbons (Fsp3) is 0.923. The molecule has 61 heteroatoms. The van der Waals surface area contributed by atoms with Crippen molar-refractivity contribution < 1.29 is 271 Å². The summed E-state index contributed by atoms with van der Waals surface area (Å²) in [4.78, 5) is 78.7. The number of aliphatic hydroxyl groups is 28. The maximum absolute atomic E-state index is 13.7. The first-order valence-corrected chi connectivity index (χ1v) is 44.5. The Labute approximate surface area is 788 Å². The molecule has 6 amide bonds. The number of hydrogen-bond donors (Lipinski definition) is 34. The molecule has 11 fully saturated rings. The lowest BCUT2D eigenvalue weighted by molar-refractivity contribution is -0.412. The van der Waals surface area contributed by atoms with Gasteiger partial charge in [-0.15, -0.1) is 0 Å². The topological polar surface area (TPSA) is 935 Å². The standard InChI is InChI=1S/C78H130N6O55/c1-18-41(99)53(111)56(114)74(121-18)119-16-33-63(50(108)35(68(118)122-33)79-19(2)93)133-72-39(83-23(6)97)51(109)61(31(14-91)128-72)135-76-59(117)65(137-78-67(139-71-38(82-22(5)96)49(107)44(102)27(10-87)125-71)58(116)62(32(15-92)130-78)132-69-36(80-20(3)94)47(105)42(100)25(8-85)123-69)64(136-70-37(81-21(4)95)48(106)43(101)26(9-86)124-70)34(131-76)17-120-77-66(55(113)46(104)29(12-89)127-77)138-73-40(84-24(7)98)52(110)60(30(13-90)129-73)134-75-57(115)54(112)45(103)28(11-88)126-75/h18,25-78,85-92,99-118H,8-17H2,1-7H3,(H,79,93)(H,80,94)(H,81,95)(H,82,96)(H,83,97)(H,84,98)/t18-,25+,26+,27+,28+,29+,30+,31+,32+,33+,34+,35+,36+,37+,38+,39+,40+,41+,42+,43+,44+,45-,46+,47+,48+,49+,50+,51+,52+,53+,54-,55-,56-,57+,58-,59-,60+,61+,62+,63+,64+,65+,66-,67-,68+,69-,70-,71-,72-,73-,74+,75-,76-,77-,78+/m0/s1. The Morgan fingerprint density at radius 1 is 0.201 bits per heavy atom. The van der Waals surface area contributed by atoms with Crippen molar-refractivity contribution in [1.29, 1.82) is 0 Å². The van der Waals surface area contributed by atoms with Crippen LogP contribution in [0, 0.1) is 0 Å². The van der Waals surface area contributed by atoms with Crippen LogP contribution in [-0.4, -0.2) is 582 Å². The Morgan fingerprint density at radius 2 is 0.446 bits per heavy atom. The molecule has 11 rings (SSSR count). The highest BCUT2D eigenvalue weighted by Crippen LogP contribution is 2.43. The van der Waals surface area contributed by atoms with Gasteiger partial charge < -0.3 is 274 Å². The number of nitrogens with one attached hydrogen (secondary N) is 6. The lowest BCUT2D eigenvalue weighted by Gasteiger charge is -2.53. The van der Waals surface area contributed by atoms with Crippen LogP contribution in [0.3, 0.4) is 0 Å². The monoisotopic (exact) mass is 2030 g/mol. The predicted octanol–water partition coefficient (Wildman–Crippen LogP) is -23.1. The number of carbonyl (C=O) groups is 6. The molecule has 11 saturated heterocycles. The number of hydrogen-bond acceptors (Lipinski definition) is 55. The average Bonchev–Trinajstić information content (AvgIpc) is 1.13. The number of carbonyl (C=O) groups excluding carboxylic acids is 6. The molecular weight excluding hydrogens is 1900 g/mol. The molecule has 802 valence electrons. The first-order valence-electron chi connectivity index (χ1n) is 44.5. The van der Waals surface area contributed by atoms with Gasteiger partial charge in [0.1, 0.15) is 262 Å². The van der Waals surface area contributed by atoms with Crippen molar-refractivity contribution in [2.45, 2.75) is 386 Å². The summed E-state index contributed by atoms with van der Waals surface area (Å²) in [5.41, 5.74) is 0.